The Bertz CT molecular complexity index is 899. The lowest BCUT2D eigenvalue weighted by Crippen LogP contribution is -2.04. The van der Waals surface area contributed by atoms with E-state index in [0.717, 1.165) is 35.1 Å². The first-order chi connectivity index (χ1) is 12.7. The molecule has 1 aliphatic rings. The summed E-state index contributed by atoms with van der Waals surface area (Å²) < 4.78 is 7.96. The van der Waals surface area contributed by atoms with Gasteiger partial charge in [0.1, 0.15) is 5.75 Å². The number of halogens is 2. The highest BCUT2D eigenvalue weighted by Gasteiger charge is 2.30. The van der Waals surface area contributed by atoms with Crippen molar-refractivity contribution in [2.45, 2.75) is 24.0 Å². The summed E-state index contributed by atoms with van der Waals surface area (Å²) in [5, 5.41) is 10.8. The van der Waals surface area contributed by atoms with E-state index in [1.165, 1.54) is 0 Å². The zero-order chi connectivity index (χ0) is 17.9. The number of aromatic nitrogens is 4. The van der Waals surface area contributed by atoms with Gasteiger partial charge in [0.2, 0.25) is 0 Å². The number of ether oxygens (including phenoxy) is 1. The normalized spacial score (nSPS) is 13.8. The molecule has 4 rings (SSSR count). The third kappa shape index (κ3) is 3.98. The number of hydrogen-bond acceptors (Lipinski definition) is 5. The first-order valence-corrected chi connectivity index (χ1v) is 10.0. The van der Waals surface area contributed by atoms with E-state index in [-0.39, 0.29) is 0 Å². The maximum atomic E-state index is 6.12. The quantitative estimate of drug-likeness (QED) is 0.400. The average Bonchev–Trinajstić information content (AvgIpc) is 3.40. The Morgan fingerprint density at radius 3 is 2.81 bits per heavy atom. The molecule has 0 N–H and O–H groups in total. The Balaban J connectivity index is 1.42. The minimum atomic E-state index is 0.481. The van der Waals surface area contributed by atoms with Crippen LogP contribution in [0.2, 0.25) is 10.0 Å². The lowest BCUT2D eigenvalue weighted by Gasteiger charge is -2.10. The fourth-order valence-corrected chi connectivity index (χ4v) is 3.89. The van der Waals surface area contributed by atoms with Crippen LogP contribution in [0.4, 0.5) is 0 Å². The van der Waals surface area contributed by atoms with Crippen LogP contribution in [-0.2, 0) is 0 Å². The molecule has 8 heteroatoms. The van der Waals surface area contributed by atoms with Gasteiger partial charge in [0, 0.05) is 34.8 Å². The van der Waals surface area contributed by atoms with Crippen molar-refractivity contribution in [1.82, 2.24) is 19.7 Å². The van der Waals surface area contributed by atoms with Gasteiger partial charge < -0.3 is 4.74 Å². The molecule has 3 aromatic rings. The molecule has 0 spiro atoms. The van der Waals surface area contributed by atoms with Gasteiger partial charge in [-0.2, -0.15) is 0 Å². The van der Waals surface area contributed by atoms with Gasteiger partial charge in [-0.1, -0.05) is 35.0 Å². The molecule has 1 saturated carbocycles. The van der Waals surface area contributed by atoms with E-state index in [1.807, 2.05) is 18.3 Å². The van der Waals surface area contributed by atoms with Crippen LogP contribution in [0.5, 0.6) is 5.75 Å². The van der Waals surface area contributed by atoms with Crippen LogP contribution in [0, 0.1) is 0 Å². The second kappa shape index (κ2) is 7.86. The van der Waals surface area contributed by atoms with Gasteiger partial charge in [-0.25, -0.2) is 0 Å². The third-order valence-electron chi connectivity index (χ3n) is 3.96. The minimum absolute atomic E-state index is 0.481. The van der Waals surface area contributed by atoms with Crippen molar-refractivity contribution in [3.8, 4) is 17.1 Å². The molecule has 2 heterocycles. The molecule has 1 aliphatic carbocycles. The zero-order valence-corrected chi connectivity index (χ0v) is 16.1. The van der Waals surface area contributed by atoms with Crippen LogP contribution < -0.4 is 4.74 Å². The van der Waals surface area contributed by atoms with Gasteiger partial charge in [0.15, 0.2) is 11.0 Å². The number of rotatable bonds is 7. The Morgan fingerprint density at radius 1 is 1.19 bits per heavy atom. The third-order valence-corrected chi connectivity index (χ3v) is 5.40. The molecule has 0 atom stereocenters. The summed E-state index contributed by atoms with van der Waals surface area (Å²) in [5.74, 6) is 2.26. The number of thioether (sulfide) groups is 1. The van der Waals surface area contributed by atoms with Crippen LogP contribution >= 0.6 is 35.0 Å². The van der Waals surface area contributed by atoms with Crippen LogP contribution in [-0.4, -0.2) is 32.1 Å². The largest absolute Gasteiger partial charge is 0.491 e. The second-order valence-electron chi connectivity index (χ2n) is 5.92. The van der Waals surface area contributed by atoms with Crippen molar-refractivity contribution in [2.24, 2.45) is 0 Å². The van der Waals surface area contributed by atoms with Gasteiger partial charge in [-0.05, 0) is 43.2 Å². The van der Waals surface area contributed by atoms with Crippen molar-refractivity contribution >= 4 is 35.0 Å². The van der Waals surface area contributed by atoms with Crippen LogP contribution in [0.15, 0.2) is 47.9 Å². The van der Waals surface area contributed by atoms with Crippen molar-refractivity contribution < 1.29 is 4.74 Å². The van der Waals surface area contributed by atoms with Gasteiger partial charge in [-0.15, -0.1) is 10.2 Å². The van der Waals surface area contributed by atoms with Crippen molar-refractivity contribution in [1.29, 1.82) is 0 Å². The topological polar surface area (TPSA) is 52.8 Å². The molecule has 26 heavy (non-hydrogen) atoms. The molecule has 1 fully saturated rings. The standard InChI is InChI=1S/C18H16Cl2N4OS/c19-13-3-6-16(15(20)10-13)25-8-9-26-18-23-22-17(24(18)14-4-5-14)12-2-1-7-21-11-12/h1-3,6-7,10-11,14H,4-5,8-9H2. The van der Waals surface area contributed by atoms with Crippen LogP contribution in [0.25, 0.3) is 11.4 Å². The maximum absolute atomic E-state index is 6.12. The van der Waals surface area contributed by atoms with Crippen molar-refractivity contribution in [3.05, 3.63) is 52.8 Å². The second-order valence-corrected chi connectivity index (χ2v) is 7.83. The van der Waals surface area contributed by atoms with E-state index in [9.17, 15) is 0 Å². The number of nitrogens with zero attached hydrogens (tertiary/aromatic N) is 4. The smallest absolute Gasteiger partial charge is 0.191 e. The molecule has 0 aliphatic heterocycles. The lowest BCUT2D eigenvalue weighted by atomic mass is 10.3. The number of pyridine rings is 1. The molecule has 0 radical (unpaired) electrons. The van der Waals surface area contributed by atoms with Crippen molar-refractivity contribution in [2.75, 3.05) is 12.4 Å². The summed E-state index contributed by atoms with van der Waals surface area (Å²) in [6, 6.07) is 9.63. The Labute approximate surface area is 165 Å². The Morgan fingerprint density at radius 2 is 2.08 bits per heavy atom. The fraction of sp³-hybridized carbons (Fsp3) is 0.278. The highest BCUT2D eigenvalue weighted by Crippen LogP contribution is 2.41. The van der Waals surface area contributed by atoms with E-state index in [0.29, 0.717) is 28.4 Å². The summed E-state index contributed by atoms with van der Waals surface area (Å²) in [6.45, 7) is 0.520. The number of hydrogen-bond donors (Lipinski definition) is 0. The molecule has 1 aromatic carbocycles. The van der Waals surface area contributed by atoms with E-state index in [1.54, 1.807) is 36.2 Å². The highest BCUT2D eigenvalue weighted by molar-refractivity contribution is 7.99. The van der Waals surface area contributed by atoms with E-state index in [4.69, 9.17) is 27.9 Å². The average molecular weight is 407 g/mol. The zero-order valence-electron chi connectivity index (χ0n) is 13.8. The lowest BCUT2D eigenvalue weighted by molar-refractivity contribution is 0.344. The van der Waals surface area contributed by atoms with Gasteiger partial charge in [0.25, 0.3) is 0 Å². The SMILES string of the molecule is Clc1ccc(OCCSc2nnc(-c3cccnc3)n2C2CC2)c(Cl)c1. The molecular weight excluding hydrogens is 391 g/mol. The van der Waals surface area contributed by atoms with E-state index >= 15 is 0 Å². The first kappa shape index (κ1) is 17.6. The van der Waals surface area contributed by atoms with Crippen LogP contribution in [0.3, 0.4) is 0 Å². The van der Waals surface area contributed by atoms with E-state index in [2.05, 4.69) is 19.7 Å². The molecule has 0 saturated heterocycles. The molecular formula is C18H16Cl2N4OS. The predicted molar refractivity (Wildman–Crippen MR) is 104 cm³/mol. The first-order valence-electron chi connectivity index (χ1n) is 8.28. The summed E-state index contributed by atoms with van der Waals surface area (Å²) >= 11 is 13.7. The fourth-order valence-electron chi connectivity index (χ4n) is 2.61. The van der Waals surface area contributed by atoms with Gasteiger partial charge >= 0.3 is 0 Å². The van der Waals surface area contributed by atoms with E-state index < -0.39 is 0 Å². The van der Waals surface area contributed by atoms with Gasteiger partial charge in [0.05, 0.1) is 11.6 Å². The molecule has 2 aromatic heterocycles. The Hall–Kier alpha value is -1.76. The van der Waals surface area contributed by atoms with Crippen LogP contribution in [0.1, 0.15) is 18.9 Å². The molecule has 134 valence electrons. The maximum Gasteiger partial charge on any atom is 0.191 e. The summed E-state index contributed by atoms with van der Waals surface area (Å²) in [4.78, 5) is 4.18. The summed E-state index contributed by atoms with van der Waals surface area (Å²) in [6.07, 6.45) is 5.91. The monoisotopic (exact) mass is 406 g/mol. The summed E-state index contributed by atoms with van der Waals surface area (Å²) in [5.41, 5.74) is 0.989. The molecule has 0 amide bonds. The molecule has 0 bridgehead atoms. The van der Waals surface area contributed by atoms with Gasteiger partial charge in [-0.3, -0.25) is 9.55 Å². The minimum Gasteiger partial charge on any atom is -0.491 e. The number of benzene rings is 1. The predicted octanol–water partition coefficient (Wildman–Crippen LogP) is 5.15. The summed E-state index contributed by atoms with van der Waals surface area (Å²) in [7, 11) is 0. The Kier molecular flexibility index (Phi) is 5.33. The molecule has 5 nitrogen and oxygen atoms in total. The molecule has 0 unspecified atom stereocenters. The highest BCUT2D eigenvalue weighted by atomic mass is 35.5. The van der Waals surface area contributed by atoms with Crippen molar-refractivity contribution in [3.63, 3.8) is 0 Å².